The number of rotatable bonds is 14. The van der Waals surface area contributed by atoms with Crippen LogP contribution in [0.5, 0.6) is 0 Å². The third-order valence-electron chi connectivity index (χ3n) is 5.76. The predicted octanol–water partition coefficient (Wildman–Crippen LogP) is 0.414. The lowest BCUT2D eigenvalue weighted by Crippen LogP contribution is -2.62. The van der Waals surface area contributed by atoms with Gasteiger partial charge in [0.25, 0.3) is 17.7 Å². The first-order valence-electron chi connectivity index (χ1n) is 11.3. The monoisotopic (exact) mass is 491 g/mol. The molecule has 0 bridgehead atoms. The summed E-state index contributed by atoms with van der Waals surface area (Å²) in [5.74, 6) is -3.16. The van der Waals surface area contributed by atoms with Gasteiger partial charge in [-0.25, -0.2) is 0 Å². The molecule has 190 valence electrons. The van der Waals surface area contributed by atoms with Crippen molar-refractivity contribution >= 4 is 35.3 Å². The molecule has 35 heavy (non-hydrogen) atoms. The Balaban J connectivity index is 1.44. The van der Waals surface area contributed by atoms with E-state index in [-0.39, 0.29) is 37.0 Å². The van der Waals surface area contributed by atoms with Crippen LogP contribution in [0, 0.1) is 0 Å². The first-order chi connectivity index (χ1) is 16.8. The number of piperidine rings is 1. The zero-order valence-electron chi connectivity index (χ0n) is 19.5. The van der Waals surface area contributed by atoms with E-state index >= 15 is 0 Å². The van der Waals surface area contributed by atoms with Gasteiger partial charge in [0.1, 0.15) is 5.54 Å². The molecule has 0 saturated carbocycles. The number of carboxylic acids is 1. The lowest BCUT2D eigenvalue weighted by Gasteiger charge is -2.38. The summed E-state index contributed by atoms with van der Waals surface area (Å²) in [5, 5.41) is 13.8. The van der Waals surface area contributed by atoms with Crippen molar-refractivity contribution in [2.45, 2.75) is 31.7 Å². The molecule has 3 N–H and O–H groups in total. The van der Waals surface area contributed by atoms with Crippen molar-refractivity contribution in [1.29, 1.82) is 0 Å². The van der Waals surface area contributed by atoms with Crippen molar-refractivity contribution in [1.82, 2.24) is 10.2 Å². The molecule has 12 heteroatoms. The number of hydrogen-bond acceptors (Lipinski definition) is 9. The molecule has 0 aromatic heterocycles. The second-order valence-electron chi connectivity index (χ2n) is 8.23. The fourth-order valence-corrected chi connectivity index (χ4v) is 3.85. The Hall–Kier alpha value is -3.35. The Labute approximate surface area is 201 Å². The molecule has 2 aliphatic heterocycles. The maximum absolute atomic E-state index is 13.2. The number of hydrogen-bond donors (Lipinski definition) is 3. The summed E-state index contributed by atoms with van der Waals surface area (Å²) in [6, 6.07) is 4.86. The van der Waals surface area contributed by atoms with Crippen molar-refractivity contribution < 1.29 is 43.3 Å². The van der Waals surface area contributed by atoms with Crippen LogP contribution >= 0.6 is 0 Å². The minimum Gasteiger partial charge on any atom is -0.481 e. The zero-order valence-corrected chi connectivity index (χ0v) is 19.5. The van der Waals surface area contributed by atoms with Gasteiger partial charge in [-0.2, -0.15) is 0 Å². The number of carbonyl (C=O) groups excluding carboxylic acids is 4. The summed E-state index contributed by atoms with van der Waals surface area (Å²) in [7, 11) is 0. The van der Waals surface area contributed by atoms with Crippen LogP contribution in [0.25, 0.3) is 0 Å². The summed E-state index contributed by atoms with van der Waals surface area (Å²) in [4.78, 5) is 61.6. The van der Waals surface area contributed by atoms with E-state index in [2.05, 4.69) is 10.6 Å². The summed E-state index contributed by atoms with van der Waals surface area (Å²) in [5.41, 5.74) is -0.596. The summed E-state index contributed by atoms with van der Waals surface area (Å²) in [6.07, 6.45) is 0.0595. The van der Waals surface area contributed by atoms with Gasteiger partial charge >= 0.3 is 5.97 Å². The van der Waals surface area contributed by atoms with Crippen molar-refractivity contribution in [2.24, 2.45) is 0 Å². The summed E-state index contributed by atoms with van der Waals surface area (Å²) in [6.45, 7) is 3.61. The van der Waals surface area contributed by atoms with E-state index in [1.165, 1.54) is 13.0 Å². The third-order valence-corrected chi connectivity index (χ3v) is 5.76. The number of imide groups is 2. The van der Waals surface area contributed by atoms with Crippen LogP contribution < -0.4 is 10.6 Å². The topological polar surface area (TPSA) is 161 Å². The third kappa shape index (κ3) is 6.21. The quantitative estimate of drug-likeness (QED) is 0.246. The SMILES string of the molecule is CC1(N2C(=O)c3cccc(NCCOCCOCCOCCC(=O)O)c3C2=O)CCC(=O)NC1=O. The van der Waals surface area contributed by atoms with E-state index < -0.39 is 35.1 Å². The van der Waals surface area contributed by atoms with Gasteiger partial charge in [-0.3, -0.25) is 34.2 Å². The number of aliphatic carboxylic acids is 1. The van der Waals surface area contributed by atoms with Gasteiger partial charge < -0.3 is 24.6 Å². The minimum absolute atomic E-state index is 0.0412. The van der Waals surface area contributed by atoms with Crippen LogP contribution in [-0.2, 0) is 28.6 Å². The first-order valence-corrected chi connectivity index (χ1v) is 11.3. The van der Waals surface area contributed by atoms with Crippen molar-refractivity contribution in [3.63, 3.8) is 0 Å². The van der Waals surface area contributed by atoms with Gasteiger partial charge in [0.2, 0.25) is 5.91 Å². The second kappa shape index (κ2) is 11.9. The number of amides is 4. The number of nitrogens with one attached hydrogen (secondary N) is 2. The fraction of sp³-hybridized carbons (Fsp3) is 0.522. The average Bonchev–Trinajstić information content (AvgIpc) is 3.08. The standard InChI is InChI=1S/C23H29N3O9/c1-23(7-5-17(27)25-22(23)32)26-20(30)15-3-2-4-16(19(15)21(26)31)24-8-10-34-12-14-35-13-11-33-9-6-18(28)29/h2-4,24H,5-14H2,1H3,(H,28,29)(H,25,27,32). The van der Waals surface area contributed by atoms with Gasteiger partial charge in [0.05, 0.1) is 57.2 Å². The Morgan fingerprint density at radius 2 is 1.69 bits per heavy atom. The lowest BCUT2D eigenvalue weighted by atomic mass is 9.89. The van der Waals surface area contributed by atoms with E-state index in [0.717, 1.165) is 4.90 Å². The number of ether oxygens (including phenoxy) is 3. The van der Waals surface area contributed by atoms with E-state index in [1.54, 1.807) is 12.1 Å². The van der Waals surface area contributed by atoms with Gasteiger partial charge in [-0.05, 0) is 25.5 Å². The molecule has 0 aliphatic carbocycles. The number of nitrogens with zero attached hydrogens (tertiary/aromatic N) is 1. The minimum atomic E-state index is -1.44. The van der Waals surface area contributed by atoms with Crippen LogP contribution in [0.1, 0.15) is 46.9 Å². The summed E-state index contributed by atoms with van der Waals surface area (Å²) >= 11 is 0. The van der Waals surface area contributed by atoms with Crippen LogP contribution in [0.2, 0.25) is 0 Å². The number of benzene rings is 1. The maximum Gasteiger partial charge on any atom is 0.305 e. The van der Waals surface area contributed by atoms with E-state index in [0.29, 0.717) is 45.3 Å². The van der Waals surface area contributed by atoms with Crippen molar-refractivity contribution in [3.8, 4) is 0 Å². The molecule has 1 atom stereocenters. The van der Waals surface area contributed by atoms with Crippen molar-refractivity contribution in [3.05, 3.63) is 29.3 Å². The number of fused-ring (bicyclic) bond motifs is 1. The number of carbonyl (C=O) groups is 5. The molecule has 1 aromatic rings. The molecule has 1 aromatic carbocycles. The maximum atomic E-state index is 13.2. The predicted molar refractivity (Wildman–Crippen MR) is 121 cm³/mol. The summed E-state index contributed by atoms with van der Waals surface area (Å²) < 4.78 is 15.9. The molecule has 2 heterocycles. The number of anilines is 1. The molecule has 1 unspecified atom stereocenters. The van der Waals surface area contributed by atoms with E-state index in [1.807, 2.05) is 0 Å². The average molecular weight is 491 g/mol. The molecule has 4 amide bonds. The van der Waals surface area contributed by atoms with Gasteiger partial charge in [0.15, 0.2) is 0 Å². The second-order valence-corrected chi connectivity index (χ2v) is 8.23. The highest BCUT2D eigenvalue weighted by Crippen LogP contribution is 2.36. The molecule has 3 rings (SSSR count). The van der Waals surface area contributed by atoms with E-state index in [4.69, 9.17) is 19.3 Å². The Morgan fingerprint density at radius 3 is 2.34 bits per heavy atom. The highest BCUT2D eigenvalue weighted by molar-refractivity contribution is 6.26. The number of carboxylic acid groups (broad SMARTS) is 1. The van der Waals surface area contributed by atoms with Crippen LogP contribution in [0.3, 0.4) is 0 Å². The highest BCUT2D eigenvalue weighted by atomic mass is 16.5. The van der Waals surface area contributed by atoms with E-state index in [9.17, 15) is 24.0 Å². The zero-order chi connectivity index (χ0) is 25.4. The van der Waals surface area contributed by atoms with Crippen LogP contribution in [0.4, 0.5) is 5.69 Å². The smallest absolute Gasteiger partial charge is 0.305 e. The highest BCUT2D eigenvalue weighted by Gasteiger charge is 2.53. The molecule has 0 radical (unpaired) electrons. The molecule has 2 aliphatic rings. The Kier molecular flexibility index (Phi) is 8.90. The Bertz CT molecular complexity index is 996. The molecule has 12 nitrogen and oxygen atoms in total. The van der Waals surface area contributed by atoms with Crippen LogP contribution in [0.15, 0.2) is 18.2 Å². The van der Waals surface area contributed by atoms with Gasteiger partial charge in [-0.15, -0.1) is 0 Å². The Morgan fingerprint density at radius 1 is 1.03 bits per heavy atom. The molecule has 0 spiro atoms. The largest absolute Gasteiger partial charge is 0.481 e. The molecule has 1 saturated heterocycles. The van der Waals surface area contributed by atoms with Crippen LogP contribution in [-0.4, -0.2) is 91.3 Å². The normalized spacial score (nSPS) is 19.6. The molecular formula is C23H29N3O9. The van der Waals surface area contributed by atoms with Gasteiger partial charge in [-0.1, -0.05) is 6.07 Å². The first kappa shape index (κ1) is 26.3. The molecule has 1 fully saturated rings. The van der Waals surface area contributed by atoms with Crippen molar-refractivity contribution in [2.75, 3.05) is 51.5 Å². The molecular weight excluding hydrogens is 462 g/mol. The fourth-order valence-electron chi connectivity index (χ4n) is 3.85. The lowest BCUT2D eigenvalue weighted by molar-refractivity contribution is -0.141. The van der Waals surface area contributed by atoms with Gasteiger partial charge in [0, 0.05) is 18.7 Å².